The maximum absolute atomic E-state index is 12.9. The number of halogens is 1. The molecule has 7 heteroatoms. The Morgan fingerprint density at radius 1 is 1.19 bits per heavy atom. The number of carbonyl (C=O) groups excluding carboxylic acids is 2. The summed E-state index contributed by atoms with van der Waals surface area (Å²) in [6.45, 7) is 1.16. The largest absolute Gasteiger partial charge is 0.488 e. The summed E-state index contributed by atoms with van der Waals surface area (Å²) < 4.78 is 12.1. The van der Waals surface area contributed by atoms with Gasteiger partial charge in [0, 0.05) is 16.6 Å². The lowest BCUT2D eigenvalue weighted by atomic mass is 10.1. The van der Waals surface area contributed by atoms with Crippen molar-refractivity contribution in [1.29, 1.82) is 0 Å². The summed E-state index contributed by atoms with van der Waals surface area (Å²) in [7, 11) is 0. The van der Waals surface area contributed by atoms with Gasteiger partial charge < -0.3 is 20.1 Å². The minimum Gasteiger partial charge on any atom is -0.488 e. The monoisotopic (exact) mass is 418 g/mol. The van der Waals surface area contributed by atoms with Crippen LogP contribution in [0.2, 0.25) is 0 Å². The standard InChI is InChI=1S/C19H19BrN2O4/c20-15-7-3-1-5-13(15)12-26-16-8-4-2-6-14(16)19(24)22-9-10-25-17(11-22)18(21)23/h1-8,17H,9-12H2,(H2,21,23)/t17-/m0/s1. The van der Waals surface area contributed by atoms with Crippen molar-refractivity contribution in [3.8, 4) is 5.75 Å². The molecule has 1 aliphatic heterocycles. The minimum absolute atomic E-state index is 0.146. The van der Waals surface area contributed by atoms with Crippen molar-refractivity contribution < 1.29 is 19.1 Å². The van der Waals surface area contributed by atoms with Gasteiger partial charge in [-0.3, -0.25) is 9.59 Å². The molecular formula is C19H19BrN2O4. The van der Waals surface area contributed by atoms with Crippen LogP contribution in [0, 0.1) is 0 Å². The third-order valence-corrected chi connectivity index (χ3v) is 4.90. The molecule has 0 radical (unpaired) electrons. The van der Waals surface area contributed by atoms with Crippen molar-refractivity contribution in [2.24, 2.45) is 5.73 Å². The molecule has 1 atom stereocenters. The first-order valence-electron chi connectivity index (χ1n) is 8.21. The molecule has 0 aliphatic carbocycles. The lowest BCUT2D eigenvalue weighted by Gasteiger charge is -2.31. The topological polar surface area (TPSA) is 81.9 Å². The molecule has 26 heavy (non-hydrogen) atoms. The van der Waals surface area contributed by atoms with Crippen LogP contribution in [-0.4, -0.2) is 42.5 Å². The van der Waals surface area contributed by atoms with E-state index in [0.29, 0.717) is 24.5 Å². The molecule has 136 valence electrons. The van der Waals surface area contributed by atoms with Crippen LogP contribution in [-0.2, 0) is 16.1 Å². The molecule has 0 unspecified atom stereocenters. The van der Waals surface area contributed by atoms with Crippen LogP contribution < -0.4 is 10.5 Å². The van der Waals surface area contributed by atoms with E-state index >= 15 is 0 Å². The lowest BCUT2D eigenvalue weighted by Crippen LogP contribution is -2.50. The third kappa shape index (κ3) is 4.23. The van der Waals surface area contributed by atoms with E-state index in [9.17, 15) is 9.59 Å². The number of rotatable bonds is 5. The number of primary amides is 1. The minimum atomic E-state index is -0.777. The Morgan fingerprint density at radius 2 is 1.92 bits per heavy atom. The van der Waals surface area contributed by atoms with Gasteiger partial charge in [-0.05, 0) is 18.2 Å². The average molecular weight is 419 g/mol. The van der Waals surface area contributed by atoms with Gasteiger partial charge in [0.15, 0.2) is 6.10 Å². The second-order valence-electron chi connectivity index (χ2n) is 5.89. The number of ether oxygens (including phenoxy) is 2. The number of nitrogens with zero attached hydrogens (tertiary/aromatic N) is 1. The third-order valence-electron chi connectivity index (χ3n) is 4.13. The quantitative estimate of drug-likeness (QED) is 0.807. The van der Waals surface area contributed by atoms with E-state index in [1.807, 2.05) is 30.3 Å². The maximum Gasteiger partial charge on any atom is 0.257 e. The molecule has 0 bridgehead atoms. The summed E-state index contributed by atoms with van der Waals surface area (Å²) in [5, 5.41) is 0. The normalized spacial score (nSPS) is 17.0. The molecule has 6 nitrogen and oxygen atoms in total. The van der Waals surface area contributed by atoms with Crippen molar-refractivity contribution in [2.75, 3.05) is 19.7 Å². The predicted molar refractivity (Wildman–Crippen MR) is 99.8 cm³/mol. The molecule has 2 amide bonds. The smallest absolute Gasteiger partial charge is 0.257 e. The molecule has 2 N–H and O–H groups in total. The van der Waals surface area contributed by atoms with E-state index < -0.39 is 12.0 Å². The molecule has 0 aromatic heterocycles. The van der Waals surface area contributed by atoms with Crippen molar-refractivity contribution in [3.63, 3.8) is 0 Å². The zero-order valence-electron chi connectivity index (χ0n) is 14.1. The molecule has 1 fully saturated rings. The Labute approximate surface area is 160 Å². The van der Waals surface area contributed by atoms with Crippen LogP contribution in [0.3, 0.4) is 0 Å². The Hall–Kier alpha value is -2.38. The van der Waals surface area contributed by atoms with Crippen LogP contribution in [0.15, 0.2) is 53.0 Å². The summed E-state index contributed by atoms with van der Waals surface area (Å²) in [6, 6.07) is 14.8. The second-order valence-corrected chi connectivity index (χ2v) is 6.74. The number of carbonyl (C=O) groups is 2. The molecule has 3 rings (SSSR count). The Balaban J connectivity index is 1.75. The van der Waals surface area contributed by atoms with Gasteiger partial charge >= 0.3 is 0 Å². The molecule has 1 heterocycles. The van der Waals surface area contributed by atoms with Crippen LogP contribution in [0.1, 0.15) is 15.9 Å². The van der Waals surface area contributed by atoms with E-state index in [1.165, 1.54) is 0 Å². The number of hydrogen-bond donors (Lipinski definition) is 1. The van der Waals surface area contributed by atoms with Crippen LogP contribution in [0.25, 0.3) is 0 Å². The van der Waals surface area contributed by atoms with Crippen LogP contribution in [0.4, 0.5) is 0 Å². The van der Waals surface area contributed by atoms with Crippen molar-refractivity contribution in [1.82, 2.24) is 4.90 Å². The number of para-hydroxylation sites is 1. The van der Waals surface area contributed by atoms with Gasteiger partial charge in [-0.25, -0.2) is 0 Å². The predicted octanol–water partition coefficient (Wildman–Crippen LogP) is 2.35. The Bertz CT molecular complexity index is 812. The highest BCUT2D eigenvalue weighted by atomic mass is 79.9. The fraction of sp³-hybridized carbons (Fsp3) is 0.263. The van der Waals surface area contributed by atoms with Crippen LogP contribution >= 0.6 is 15.9 Å². The van der Waals surface area contributed by atoms with Gasteiger partial charge in [-0.15, -0.1) is 0 Å². The summed E-state index contributed by atoms with van der Waals surface area (Å²) in [4.78, 5) is 25.8. The lowest BCUT2D eigenvalue weighted by molar-refractivity contribution is -0.133. The molecule has 1 aliphatic rings. The van der Waals surface area contributed by atoms with Crippen molar-refractivity contribution in [2.45, 2.75) is 12.7 Å². The van der Waals surface area contributed by atoms with Gasteiger partial charge in [0.25, 0.3) is 5.91 Å². The van der Waals surface area contributed by atoms with E-state index in [0.717, 1.165) is 10.0 Å². The number of amides is 2. The van der Waals surface area contributed by atoms with Crippen molar-refractivity contribution >= 4 is 27.7 Å². The van der Waals surface area contributed by atoms with Gasteiger partial charge in [0.05, 0.1) is 18.7 Å². The Morgan fingerprint density at radius 3 is 2.69 bits per heavy atom. The van der Waals surface area contributed by atoms with E-state index in [4.69, 9.17) is 15.2 Å². The number of hydrogen-bond acceptors (Lipinski definition) is 4. The zero-order valence-corrected chi connectivity index (χ0v) is 15.6. The highest BCUT2D eigenvalue weighted by Gasteiger charge is 2.29. The van der Waals surface area contributed by atoms with E-state index in [2.05, 4.69) is 15.9 Å². The molecular weight excluding hydrogens is 400 g/mol. The Kier molecular flexibility index (Phi) is 5.90. The fourth-order valence-electron chi connectivity index (χ4n) is 2.72. The van der Waals surface area contributed by atoms with E-state index in [1.54, 1.807) is 23.1 Å². The number of nitrogens with two attached hydrogens (primary N) is 1. The average Bonchev–Trinajstić information content (AvgIpc) is 2.67. The zero-order chi connectivity index (χ0) is 18.5. The molecule has 0 spiro atoms. The van der Waals surface area contributed by atoms with Gasteiger partial charge in [0.1, 0.15) is 12.4 Å². The van der Waals surface area contributed by atoms with Gasteiger partial charge in [-0.2, -0.15) is 0 Å². The SMILES string of the molecule is NC(=O)[C@@H]1CN(C(=O)c2ccccc2OCc2ccccc2Br)CCO1. The molecule has 0 saturated carbocycles. The summed E-state index contributed by atoms with van der Waals surface area (Å²) in [6.07, 6.45) is -0.777. The fourth-order valence-corrected chi connectivity index (χ4v) is 3.12. The van der Waals surface area contributed by atoms with E-state index in [-0.39, 0.29) is 19.1 Å². The first kappa shape index (κ1) is 18.4. The first-order valence-corrected chi connectivity index (χ1v) is 9.01. The highest BCUT2D eigenvalue weighted by Crippen LogP contribution is 2.24. The number of benzene rings is 2. The number of morpholine rings is 1. The molecule has 1 saturated heterocycles. The van der Waals surface area contributed by atoms with Gasteiger partial charge in [0.2, 0.25) is 5.91 Å². The van der Waals surface area contributed by atoms with Crippen molar-refractivity contribution in [3.05, 3.63) is 64.1 Å². The maximum atomic E-state index is 12.9. The summed E-state index contributed by atoms with van der Waals surface area (Å²) in [5.41, 5.74) is 6.72. The summed E-state index contributed by atoms with van der Waals surface area (Å²) in [5.74, 6) is -0.279. The van der Waals surface area contributed by atoms with Gasteiger partial charge in [-0.1, -0.05) is 46.3 Å². The molecule has 2 aromatic carbocycles. The second kappa shape index (κ2) is 8.33. The van der Waals surface area contributed by atoms with Crippen LogP contribution in [0.5, 0.6) is 5.75 Å². The first-order chi connectivity index (χ1) is 12.6. The highest BCUT2D eigenvalue weighted by molar-refractivity contribution is 9.10. The molecule has 2 aromatic rings. The summed E-state index contributed by atoms with van der Waals surface area (Å²) >= 11 is 3.49.